The van der Waals surface area contributed by atoms with Crippen LogP contribution < -0.4 is 10.0 Å². The van der Waals surface area contributed by atoms with Crippen molar-refractivity contribution in [2.24, 2.45) is 0 Å². The molecular formula is C21H31N3O4S. The van der Waals surface area contributed by atoms with E-state index in [9.17, 15) is 13.2 Å². The van der Waals surface area contributed by atoms with E-state index < -0.39 is 10.0 Å². The summed E-state index contributed by atoms with van der Waals surface area (Å²) in [5, 5.41) is 3.10. The maximum Gasteiger partial charge on any atom is 0.251 e. The van der Waals surface area contributed by atoms with Gasteiger partial charge in [0.2, 0.25) is 10.0 Å². The van der Waals surface area contributed by atoms with Crippen LogP contribution in [0.25, 0.3) is 0 Å². The van der Waals surface area contributed by atoms with Crippen LogP contribution in [0.5, 0.6) is 0 Å². The summed E-state index contributed by atoms with van der Waals surface area (Å²) in [4.78, 5) is 15.3. The third kappa shape index (κ3) is 5.45. The van der Waals surface area contributed by atoms with Crippen molar-refractivity contribution in [2.45, 2.75) is 42.5 Å². The van der Waals surface area contributed by atoms with E-state index in [1.54, 1.807) is 12.1 Å². The predicted molar refractivity (Wildman–Crippen MR) is 112 cm³/mol. The lowest BCUT2D eigenvalue weighted by Crippen LogP contribution is -2.59. The van der Waals surface area contributed by atoms with Gasteiger partial charge in [-0.25, -0.2) is 13.1 Å². The van der Waals surface area contributed by atoms with E-state index in [4.69, 9.17) is 4.74 Å². The Labute approximate surface area is 173 Å². The number of ether oxygens (including phenoxy) is 1. The lowest BCUT2D eigenvalue weighted by Gasteiger charge is -2.48. The largest absolute Gasteiger partial charge is 0.379 e. The number of hydrogen-bond acceptors (Lipinski definition) is 5. The molecule has 3 rings (SSSR count). The quantitative estimate of drug-likeness (QED) is 0.626. The number of amides is 1. The zero-order valence-corrected chi connectivity index (χ0v) is 17.7. The molecular weight excluding hydrogens is 390 g/mol. The monoisotopic (exact) mass is 421 g/mol. The van der Waals surface area contributed by atoms with Crippen molar-refractivity contribution in [3.8, 4) is 0 Å². The van der Waals surface area contributed by atoms with Gasteiger partial charge in [-0.05, 0) is 37.1 Å². The van der Waals surface area contributed by atoms with Crippen molar-refractivity contribution < 1.29 is 17.9 Å². The molecule has 1 amide bonds. The summed E-state index contributed by atoms with van der Waals surface area (Å²) in [5.41, 5.74) is 0.455. The van der Waals surface area contributed by atoms with Crippen LogP contribution in [0, 0.1) is 0 Å². The van der Waals surface area contributed by atoms with Crippen LogP contribution >= 0.6 is 0 Å². The van der Waals surface area contributed by atoms with Gasteiger partial charge >= 0.3 is 0 Å². The SMILES string of the molecule is C=CCNS(=O)(=O)c1ccc(C(=O)NCC2(N3CCOCC3)CCCCC2)cc1. The highest BCUT2D eigenvalue weighted by Gasteiger charge is 2.38. The van der Waals surface area contributed by atoms with E-state index in [0.717, 1.165) is 39.1 Å². The Morgan fingerprint density at radius 1 is 1.14 bits per heavy atom. The van der Waals surface area contributed by atoms with Crippen LogP contribution in [0.2, 0.25) is 0 Å². The molecule has 0 unspecified atom stereocenters. The van der Waals surface area contributed by atoms with Crippen LogP contribution in [0.3, 0.4) is 0 Å². The number of sulfonamides is 1. The van der Waals surface area contributed by atoms with Gasteiger partial charge in [0, 0.05) is 37.3 Å². The predicted octanol–water partition coefficient (Wildman–Crippen LogP) is 1.92. The van der Waals surface area contributed by atoms with Gasteiger partial charge in [0.1, 0.15) is 0 Å². The van der Waals surface area contributed by atoms with E-state index >= 15 is 0 Å². The fraction of sp³-hybridized carbons (Fsp3) is 0.571. The molecule has 1 aromatic rings. The van der Waals surface area contributed by atoms with Gasteiger partial charge in [0.05, 0.1) is 18.1 Å². The molecule has 1 heterocycles. The number of nitrogens with zero attached hydrogens (tertiary/aromatic N) is 1. The van der Waals surface area contributed by atoms with Crippen molar-refractivity contribution in [1.29, 1.82) is 0 Å². The van der Waals surface area contributed by atoms with Gasteiger partial charge in [-0.1, -0.05) is 25.3 Å². The molecule has 8 heteroatoms. The molecule has 1 saturated carbocycles. The van der Waals surface area contributed by atoms with Crippen LogP contribution in [0.15, 0.2) is 41.8 Å². The molecule has 0 atom stereocenters. The first-order chi connectivity index (χ1) is 14.0. The fourth-order valence-corrected chi connectivity index (χ4v) is 5.24. The van der Waals surface area contributed by atoms with Crippen molar-refractivity contribution in [3.05, 3.63) is 42.5 Å². The summed E-state index contributed by atoms with van der Waals surface area (Å²) in [6, 6.07) is 6.03. The van der Waals surface area contributed by atoms with Gasteiger partial charge in [-0.2, -0.15) is 0 Å². The first-order valence-electron chi connectivity index (χ1n) is 10.3. The second-order valence-electron chi connectivity index (χ2n) is 7.73. The molecule has 2 aliphatic rings. The number of morpholine rings is 1. The summed E-state index contributed by atoms with van der Waals surface area (Å²) < 4.78 is 32.2. The highest BCUT2D eigenvalue weighted by molar-refractivity contribution is 7.89. The zero-order chi connectivity index (χ0) is 20.7. The molecule has 160 valence electrons. The smallest absolute Gasteiger partial charge is 0.251 e. The van der Waals surface area contributed by atoms with Crippen molar-refractivity contribution in [2.75, 3.05) is 39.4 Å². The summed E-state index contributed by atoms with van der Waals surface area (Å²) in [6.45, 7) is 7.56. The lowest BCUT2D eigenvalue weighted by molar-refractivity contribution is -0.0361. The molecule has 0 bridgehead atoms. The number of benzene rings is 1. The number of carbonyl (C=O) groups is 1. The van der Waals surface area contributed by atoms with E-state index in [2.05, 4.69) is 21.5 Å². The third-order valence-electron chi connectivity index (χ3n) is 5.89. The number of rotatable bonds is 8. The van der Waals surface area contributed by atoms with Gasteiger partial charge in [-0.15, -0.1) is 6.58 Å². The van der Waals surface area contributed by atoms with Crippen LogP contribution in [0.1, 0.15) is 42.5 Å². The Kier molecular flexibility index (Phi) is 7.45. The summed E-state index contributed by atoms with van der Waals surface area (Å²) in [7, 11) is -3.59. The topological polar surface area (TPSA) is 87.7 Å². The summed E-state index contributed by atoms with van der Waals surface area (Å²) >= 11 is 0. The zero-order valence-electron chi connectivity index (χ0n) is 16.9. The summed E-state index contributed by atoms with van der Waals surface area (Å²) in [5.74, 6) is -0.175. The third-order valence-corrected chi connectivity index (χ3v) is 7.33. The first-order valence-corrected chi connectivity index (χ1v) is 11.8. The fourth-order valence-electron chi connectivity index (χ4n) is 4.24. The molecule has 0 aromatic heterocycles. The molecule has 1 aliphatic carbocycles. The Balaban J connectivity index is 1.65. The van der Waals surface area contributed by atoms with E-state index in [-0.39, 0.29) is 22.9 Å². The van der Waals surface area contributed by atoms with Gasteiger partial charge in [0.25, 0.3) is 5.91 Å². The Bertz CT molecular complexity index is 796. The van der Waals surface area contributed by atoms with E-state index in [1.165, 1.54) is 37.5 Å². The van der Waals surface area contributed by atoms with Crippen molar-refractivity contribution in [3.63, 3.8) is 0 Å². The second kappa shape index (κ2) is 9.84. The number of nitrogens with one attached hydrogen (secondary N) is 2. The molecule has 1 saturated heterocycles. The van der Waals surface area contributed by atoms with Gasteiger partial charge < -0.3 is 10.1 Å². The normalized spacial score (nSPS) is 20.1. The number of hydrogen-bond donors (Lipinski definition) is 2. The highest BCUT2D eigenvalue weighted by atomic mass is 32.2. The average molecular weight is 422 g/mol. The van der Waals surface area contributed by atoms with Crippen LogP contribution in [0.4, 0.5) is 0 Å². The minimum atomic E-state index is -3.59. The van der Waals surface area contributed by atoms with Gasteiger partial charge in [0.15, 0.2) is 0 Å². The molecule has 0 radical (unpaired) electrons. The van der Waals surface area contributed by atoms with E-state index in [0.29, 0.717) is 12.1 Å². The second-order valence-corrected chi connectivity index (χ2v) is 9.50. The molecule has 1 aromatic carbocycles. The van der Waals surface area contributed by atoms with Crippen molar-refractivity contribution >= 4 is 15.9 Å². The van der Waals surface area contributed by atoms with Gasteiger partial charge in [-0.3, -0.25) is 9.69 Å². The van der Waals surface area contributed by atoms with Crippen LogP contribution in [-0.4, -0.2) is 64.2 Å². The maximum absolute atomic E-state index is 12.7. The number of carbonyl (C=O) groups excluding carboxylic acids is 1. The van der Waals surface area contributed by atoms with Crippen molar-refractivity contribution in [1.82, 2.24) is 14.9 Å². The molecule has 2 fully saturated rings. The van der Waals surface area contributed by atoms with Crippen LogP contribution in [-0.2, 0) is 14.8 Å². The molecule has 2 N–H and O–H groups in total. The lowest BCUT2D eigenvalue weighted by atomic mass is 9.79. The molecule has 29 heavy (non-hydrogen) atoms. The molecule has 1 aliphatic heterocycles. The Hall–Kier alpha value is -1.74. The average Bonchev–Trinajstić information content (AvgIpc) is 2.77. The molecule has 7 nitrogen and oxygen atoms in total. The minimum Gasteiger partial charge on any atom is -0.379 e. The molecule has 0 spiro atoms. The maximum atomic E-state index is 12.7. The summed E-state index contributed by atoms with van der Waals surface area (Å²) in [6.07, 6.45) is 7.25. The minimum absolute atomic E-state index is 0.00439. The van der Waals surface area contributed by atoms with E-state index in [1.807, 2.05) is 0 Å². The highest BCUT2D eigenvalue weighted by Crippen LogP contribution is 2.34. The Morgan fingerprint density at radius 2 is 1.79 bits per heavy atom. The first kappa shape index (κ1) is 22.0. The Morgan fingerprint density at radius 3 is 2.41 bits per heavy atom. The standard InChI is InChI=1S/C21H31N3O4S/c1-2-12-23-29(26,27)19-8-6-18(7-9-19)20(25)22-17-21(10-4-3-5-11-21)24-13-15-28-16-14-24/h2,6-9,23H,1,3-5,10-17H2,(H,22,25).